The minimum absolute atomic E-state index is 0.0489. The lowest BCUT2D eigenvalue weighted by Crippen LogP contribution is -2.36. The molecule has 1 aromatic carbocycles. The molecule has 2 heterocycles. The number of carbonyl (C=O) groups excluding carboxylic acids is 2. The number of nitrogens with one attached hydrogen (secondary N) is 1. The highest BCUT2D eigenvalue weighted by Crippen LogP contribution is 2.33. The molecule has 3 rings (SSSR count). The third-order valence-corrected chi connectivity index (χ3v) is 4.32. The van der Waals surface area contributed by atoms with Gasteiger partial charge in [0.05, 0.1) is 17.9 Å². The molecule has 1 saturated heterocycles. The highest BCUT2D eigenvalue weighted by atomic mass is 19.4. The van der Waals surface area contributed by atoms with Gasteiger partial charge < -0.3 is 15.3 Å². The molecule has 11 heteroatoms. The molecule has 1 aliphatic heterocycles. The Kier molecular flexibility index (Phi) is 4.84. The molecule has 1 unspecified atom stereocenters. The number of benzene rings is 1. The Morgan fingerprint density at radius 2 is 1.89 bits per heavy atom. The number of rotatable bonds is 4. The molecule has 0 spiro atoms. The Bertz CT molecular complexity index is 937. The van der Waals surface area contributed by atoms with Gasteiger partial charge >= 0.3 is 12.1 Å². The van der Waals surface area contributed by atoms with Crippen molar-refractivity contribution in [1.29, 1.82) is 0 Å². The van der Waals surface area contributed by atoms with E-state index in [0.29, 0.717) is 17.4 Å². The van der Waals surface area contributed by atoms with E-state index in [1.165, 1.54) is 29.2 Å². The van der Waals surface area contributed by atoms with E-state index in [1.807, 2.05) is 0 Å². The highest BCUT2D eigenvalue weighted by molar-refractivity contribution is 5.95. The molecule has 2 amide bonds. The van der Waals surface area contributed by atoms with Gasteiger partial charge in [-0.3, -0.25) is 9.59 Å². The third-order valence-electron chi connectivity index (χ3n) is 4.32. The minimum atomic E-state index is -4.93. The second kappa shape index (κ2) is 6.98. The third kappa shape index (κ3) is 3.68. The van der Waals surface area contributed by atoms with Crippen LogP contribution in [0.4, 0.5) is 13.2 Å². The predicted octanol–water partition coefficient (Wildman–Crippen LogP) is 1.55. The van der Waals surface area contributed by atoms with Crippen molar-refractivity contribution in [2.75, 3.05) is 13.6 Å². The van der Waals surface area contributed by atoms with Crippen LogP contribution in [0.15, 0.2) is 30.5 Å². The second-order valence-electron chi connectivity index (χ2n) is 6.32. The first-order chi connectivity index (χ1) is 13.1. The molecule has 0 aliphatic carbocycles. The van der Waals surface area contributed by atoms with Crippen molar-refractivity contribution in [2.45, 2.75) is 18.6 Å². The van der Waals surface area contributed by atoms with Crippen molar-refractivity contribution >= 4 is 17.8 Å². The number of hydrogen-bond acceptors (Lipinski definition) is 4. The van der Waals surface area contributed by atoms with Crippen LogP contribution in [0.25, 0.3) is 5.69 Å². The largest absolute Gasteiger partial charge is 0.478 e. The first-order valence-corrected chi connectivity index (χ1v) is 8.11. The van der Waals surface area contributed by atoms with Gasteiger partial charge in [0.15, 0.2) is 5.69 Å². The molecule has 0 saturated carbocycles. The summed E-state index contributed by atoms with van der Waals surface area (Å²) in [5.74, 6) is -2.30. The fourth-order valence-electron chi connectivity index (χ4n) is 2.96. The summed E-state index contributed by atoms with van der Waals surface area (Å²) in [6, 6.07) is 4.72. The quantitative estimate of drug-likeness (QED) is 0.816. The molecule has 1 aromatic heterocycles. The van der Waals surface area contributed by atoms with Gasteiger partial charge in [-0.15, -0.1) is 0 Å². The maximum Gasteiger partial charge on any atom is 0.434 e. The molecule has 8 nitrogen and oxygen atoms in total. The Hall–Kier alpha value is -3.37. The van der Waals surface area contributed by atoms with Crippen molar-refractivity contribution in [3.63, 3.8) is 0 Å². The summed E-state index contributed by atoms with van der Waals surface area (Å²) < 4.78 is 40.3. The lowest BCUT2D eigenvalue weighted by Gasteiger charge is -2.14. The lowest BCUT2D eigenvalue weighted by molar-refractivity contribution is -0.143. The molecular formula is C17H15F3N4O4. The zero-order chi connectivity index (χ0) is 20.6. The summed E-state index contributed by atoms with van der Waals surface area (Å²) in [6.45, 7) is 0.378. The van der Waals surface area contributed by atoms with Crippen molar-refractivity contribution in [3.8, 4) is 5.69 Å². The Labute approximate surface area is 156 Å². The van der Waals surface area contributed by atoms with Crippen LogP contribution in [-0.4, -0.2) is 57.2 Å². The van der Waals surface area contributed by atoms with Crippen molar-refractivity contribution in [2.24, 2.45) is 0 Å². The molecule has 1 aliphatic rings. The Morgan fingerprint density at radius 3 is 2.39 bits per heavy atom. The number of alkyl halides is 3. The SMILES string of the molecule is CN1CC(NC(=O)c2ccc(-n3ncc(C(=O)O)c3C(F)(F)F)cc2)CC1=O. The molecule has 1 atom stereocenters. The van der Waals surface area contributed by atoms with Crippen molar-refractivity contribution in [1.82, 2.24) is 20.0 Å². The standard InChI is InChI=1S/C17H15F3N4O4/c1-23-8-10(6-13(23)25)22-15(26)9-2-4-11(5-3-9)24-14(17(18,19)20)12(7-21-24)16(27)28/h2-5,7,10H,6,8H2,1H3,(H,22,26)(H,27,28). The van der Waals surface area contributed by atoms with E-state index in [4.69, 9.17) is 5.11 Å². The molecular weight excluding hydrogens is 381 g/mol. The van der Waals surface area contributed by atoms with Crippen LogP contribution in [0.5, 0.6) is 0 Å². The number of halogens is 3. The second-order valence-corrected chi connectivity index (χ2v) is 6.32. The van der Waals surface area contributed by atoms with E-state index < -0.39 is 29.3 Å². The number of hydrogen-bond donors (Lipinski definition) is 2. The summed E-state index contributed by atoms with van der Waals surface area (Å²) >= 11 is 0. The van der Waals surface area contributed by atoms with E-state index in [-0.39, 0.29) is 29.6 Å². The number of aromatic carboxylic acids is 1. The normalized spacial score (nSPS) is 17.1. The summed E-state index contributed by atoms with van der Waals surface area (Å²) in [5, 5.41) is 15.2. The minimum Gasteiger partial charge on any atom is -0.478 e. The molecule has 2 aromatic rings. The molecule has 148 valence electrons. The molecule has 28 heavy (non-hydrogen) atoms. The van der Waals surface area contributed by atoms with Gasteiger partial charge in [0, 0.05) is 25.6 Å². The van der Waals surface area contributed by atoms with Crippen LogP contribution < -0.4 is 5.32 Å². The number of carboxylic acid groups (broad SMARTS) is 1. The number of carbonyl (C=O) groups is 3. The maximum atomic E-state index is 13.3. The Balaban J connectivity index is 1.83. The number of aromatic nitrogens is 2. The smallest absolute Gasteiger partial charge is 0.434 e. The van der Waals surface area contributed by atoms with Crippen LogP contribution in [0, 0.1) is 0 Å². The van der Waals surface area contributed by atoms with E-state index in [9.17, 15) is 27.6 Å². The van der Waals surface area contributed by atoms with Gasteiger partial charge in [-0.2, -0.15) is 18.3 Å². The summed E-state index contributed by atoms with van der Waals surface area (Å²) in [5.41, 5.74) is -2.24. The van der Waals surface area contributed by atoms with Crippen molar-refractivity contribution < 1.29 is 32.7 Å². The van der Waals surface area contributed by atoms with E-state index in [1.54, 1.807) is 7.05 Å². The van der Waals surface area contributed by atoms with Crippen LogP contribution in [0.3, 0.4) is 0 Å². The van der Waals surface area contributed by atoms with Gasteiger partial charge in [0.1, 0.15) is 5.56 Å². The van der Waals surface area contributed by atoms with Gasteiger partial charge in [0.25, 0.3) is 5.91 Å². The van der Waals surface area contributed by atoms with Crippen LogP contribution in [0.2, 0.25) is 0 Å². The van der Waals surface area contributed by atoms with Crippen LogP contribution in [0.1, 0.15) is 32.8 Å². The topological polar surface area (TPSA) is 105 Å². The lowest BCUT2D eigenvalue weighted by atomic mass is 10.1. The van der Waals surface area contributed by atoms with E-state index >= 15 is 0 Å². The average molecular weight is 396 g/mol. The number of likely N-dealkylation sites (N-methyl/N-ethyl adjacent to an activating group) is 1. The number of amides is 2. The summed E-state index contributed by atoms with van der Waals surface area (Å²) in [4.78, 5) is 36.3. The number of carboxylic acids is 1. The van der Waals surface area contributed by atoms with Gasteiger partial charge in [-0.05, 0) is 24.3 Å². The van der Waals surface area contributed by atoms with Crippen LogP contribution >= 0.6 is 0 Å². The number of nitrogens with zero attached hydrogens (tertiary/aromatic N) is 3. The first-order valence-electron chi connectivity index (χ1n) is 8.11. The van der Waals surface area contributed by atoms with E-state index in [2.05, 4.69) is 10.4 Å². The molecule has 1 fully saturated rings. The molecule has 0 bridgehead atoms. The zero-order valence-corrected chi connectivity index (χ0v) is 14.5. The highest BCUT2D eigenvalue weighted by Gasteiger charge is 2.40. The first kappa shape index (κ1) is 19.4. The monoisotopic (exact) mass is 396 g/mol. The zero-order valence-electron chi connectivity index (χ0n) is 14.5. The molecule has 0 radical (unpaired) electrons. The molecule has 2 N–H and O–H groups in total. The van der Waals surface area contributed by atoms with E-state index in [0.717, 1.165) is 0 Å². The predicted molar refractivity (Wildman–Crippen MR) is 89.0 cm³/mol. The van der Waals surface area contributed by atoms with Gasteiger partial charge in [-0.1, -0.05) is 0 Å². The number of likely N-dealkylation sites (tertiary alicyclic amines) is 1. The van der Waals surface area contributed by atoms with Crippen LogP contribution in [-0.2, 0) is 11.0 Å². The fraction of sp³-hybridized carbons (Fsp3) is 0.294. The van der Waals surface area contributed by atoms with Crippen molar-refractivity contribution in [3.05, 3.63) is 47.3 Å². The van der Waals surface area contributed by atoms with Gasteiger partial charge in [0.2, 0.25) is 5.91 Å². The maximum absolute atomic E-state index is 13.3. The Morgan fingerprint density at radius 1 is 1.25 bits per heavy atom. The van der Waals surface area contributed by atoms with Gasteiger partial charge in [-0.25, -0.2) is 9.48 Å². The summed E-state index contributed by atoms with van der Waals surface area (Å²) in [7, 11) is 1.62. The average Bonchev–Trinajstić information content (AvgIpc) is 3.19. The fourth-order valence-corrected chi connectivity index (χ4v) is 2.96. The summed E-state index contributed by atoms with van der Waals surface area (Å²) in [6.07, 6.45) is -4.12.